The Morgan fingerprint density at radius 3 is 2.40 bits per heavy atom. The maximum atomic E-state index is 11.6. The number of rotatable bonds is 3. The van der Waals surface area contributed by atoms with Gasteiger partial charge in [-0.25, -0.2) is 4.39 Å². The van der Waals surface area contributed by atoms with Gasteiger partial charge in [0.1, 0.15) is 0 Å². The predicted molar refractivity (Wildman–Crippen MR) is 36.1 cm³/mol. The van der Waals surface area contributed by atoms with Crippen LogP contribution >= 0.6 is 0 Å². The molecule has 0 saturated heterocycles. The van der Waals surface area contributed by atoms with Gasteiger partial charge >= 0.3 is 0 Å². The highest BCUT2D eigenvalue weighted by Crippen LogP contribution is 1.96. The topological polar surface area (TPSA) is 37.3 Å². The van der Waals surface area contributed by atoms with Crippen LogP contribution in [0.5, 0.6) is 0 Å². The average Bonchev–Trinajstić information content (AvgIpc) is 1.82. The van der Waals surface area contributed by atoms with Gasteiger partial charge in [-0.05, 0) is 12.2 Å². The predicted octanol–water partition coefficient (Wildman–Crippen LogP) is 1.06. The molecular weight excluding hydrogens is 135 g/mol. The fourth-order valence-corrected chi connectivity index (χ4v) is 0.367. The Bertz CT molecular complexity index is 139. The first kappa shape index (κ1) is 9.30. The summed E-state index contributed by atoms with van der Waals surface area (Å²) in [5, 5.41) is 8.08. The molecule has 1 atom stereocenters. The number of ketones is 1. The van der Waals surface area contributed by atoms with Crippen LogP contribution in [0, 0.1) is 5.92 Å². The van der Waals surface area contributed by atoms with Crippen molar-refractivity contribution in [2.45, 2.75) is 20.2 Å². The lowest BCUT2D eigenvalue weighted by Gasteiger charge is -1.95. The fourth-order valence-electron chi connectivity index (χ4n) is 0.367. The lowest BCUT2D eigenvalue weighted by molar-refractivity contribution is -0.117. The number of alkyl halides is 1. The zero-order valence-electron chi connectivity index (χ0n) is 6.04. The quantitative estimate of drug-likeness (QED) is 0.604. The normalized spacial score (nSPS) is 14.5. The highest BCUT2D eigenvalue weighted by Gasteiger charge is 2.02. The molecule has 0 spiro atoms. The minimum Gasteiger partial charge on any atom is -0.361 e. The third-order valence-corrected chi connectivity index (χ3v) is 0.988. The summed E-state index contributed by atoms with van der Waals surface area (Å²) in [7, 11) is 0. The lowest BCUT2D eigenvalue weighted by atomic mass is 10.1. The molecule has 0 saturated carbocycles. The van der Waals surface area contributed by atoms with Crippen LogP contribution in [-0.4, -0.2) is 17.2 Å². The smallest absolute Gasteiger partial charge is 0.216 e. The zero-order valence-corrected chi connectivity index (χ0v) is 6.04. The van der Waals surface area contributed by atoms with Crippen molar-refractivity contribution in [3.05, 3.63) is 12.2 Å². The number of carbonyl (C=O) groups excluding carboxylic acids is 1. The van der Waals surface area contributed by atoms with E-state index in [2.05, 4.69) is 0 Å². The minimum atomic E-state index is -2.03. The standard InChI is InChI=1S/C7H11FO2/c1-5(2)6(9)3-4-7(8)10/h3-5,7,10H,1-2H3/b4-3+. The van der Waals surface area contributed by atoms with Gasteiger partial charge in [-0.2, -0.15) is 0 Å². The summed E-state index contributed by atoms with van der Waals surface area (Å²) < 4.78 is 11.6. The monoisotopic (exact) mass is 146 g/mol. The molecule has 0 aromatic heterocycles. The molecule has 0 heterocycles. The van der Waals surface area contributed by atoms with E-state index >= 15 is 0 Å². The number of carbonyl (C=O) groups is 1. The molecule has 2 nitrogen and oxygen atoms in total. The molecule has 0 amide bonds. The molecule has 0 aromatic carbocycles. The van der Waals surface area contributed by atoms with E-state index in [1.165, 1.54) is 0 Å². The SMILES string of the molecule is CC(C)C(=O)/C=C/C(O)F. The molecule has 1 unspecified atom stereocenters. The number of halogens is 1. The Balaban J connectivity index is 3.79. The van der Waals surface area contributed by atoms with E-state index < -0.39 is 6.36 Å². The first-order valence-corrected chi connectivity index (χ1v) is 3.08. The summed E-state index contributed by atoms with van der Waals surface area (Å²) in [5.41, 5.74) is 0. The van der Waals surface area contributed by atoms with Gasteiger partial charge in [-0.1, -0.05) is 13.8 Å². The van der Waals surface area contributed by atoms with Crippen LogP contribution in [0.3, 0.4) is 0 Å². The van der Waals surface area contributed by atoms with Crippen molar-refractivity contribution in [3.63, 3.8) is 0 Å². The average molecular weight is 146 g/mol. The minimum absolute atomic E-state index is 0.144. The highest BCUT2D eigenvalue weighted by atomic mass is 19.1. The van der Waals surface area contributed by atoms with Gasteiger partial charge in [0.05, 0.1) is 0 Å². The Hall–Kier alpha value is -0.700. The molecule has 58 valence electrons. The highest BCUT2D eigenvalue weighted by molar-refractivity contribution is 5.91. The summed E-state index contributed by atoms with van der Waals surface area (Å²) >= 11 is 0. The molecule has 0 aromatic rings. The van der Waals surface area contributed by atoms with Crippen LogP contribution in [0.25, 0.3) is 0 Å². The van der Waals surface area contributed by atoms with Crippen LogP contribution in [-0.2, 0) is 4.79 Å². The Labute approximate surface area is 59.4 Å². The molecule has 1 N–H and O–H groups in total. The molecule has 0 aliphatic heterocycles. The summed E-state index contributed by atoms with van der Waals surface area (Å²) in [6.45, 7) is 3.41. The largest absolute Gasteiger partial charge is 0.361 e. The van der Waals surface area contributed by atoms with Crippen LogP contribution in [0.2, 0.25) is 0 Å². The number of hydrogen-bond acceptors (Lipinski definition) is 2. The molecule has 0 rings (SSSR count). The van der Waals surface area contributed by atoms with Crippen LogP contribution < -0.4 is 0 Å². The number of aliphatic hydroxyl groups excluding tert-OH is 1. The maximum absolute atomic E-state index is 11.6. The molecule has 0 fully saturated rings. The molecule has 3 heteroatoms. The Morgan fingerprint density at radius 1 is 1.60 bits per heavy atom. The van der Waals surface area contributed by atoms with E-state index in [9.17, 15) is 9.18 Å². The van der Waals surface area contributed by atoms with E-state index in [1.54, 1.807) is 13.8 Å². The van der Waals surface area contributed by atoms with Gasteiger partial charge in [0.15, 0.2) is 5.78 Å². The van der Waals surface area contributed by atoms with Crippen molar-refractivity contribution in [2.75, 3.05) is 0 Å². The Morgan fingerprint density at radius 2 is 2.10 bits per heavy atom. The number of aliphatic hydroxyl groups is 1. The van der Waals surface area contributed by atoms with Crippen molar-refractivity contribution in [3.8, 4) is 0 Å². The van der Waals surface area contributed by atoms with E-state index in [0.29, 0.717) is 0 Å². The summed E-state index contributed by atoms with van der Waals surface area (Å²) in [6, 6.07) is 0. The first-order chi connectivity index (χ1) is 4.54. The molecule has 0 bridgehead atoms. The third kappa shape index (κ3) is 4.21. The lowest BCUT2D eigenvalue weighted by Crippen LogP contribution is -2.03. The molecule has 0 aliphatic rings. The van der Waals surface area contributed by atoms with Gasteiger partial charge in [-0.3, -0.25) is 4.79 Å². The summed E-state index contributed by atoms with van der Waals surface area (Å²) in [5.74, 6) is -0.327. The second-order valence-electron chi connectivity index (χ2n) is 2.29. The van der Waals surface area contributed by atoms with Gasteiger partial charge < -0.3 is 5.11 Å². The fraction of sp³-hybridized carbons (Fsp3) is 0.571. The zero-order chi connectivity index (χ0) is 8.15. The van der Waals surface area contributed by atoms with Crippen molar-refractivity contribution in [1.29, 1.82) is 0 Å². The van der Waals surface area contributed by atoms with Crippen LogP contribution in [0.15, 0.2) is 12.2 Å². The molecule has 0 radical (unpaired) electrons. The molecular formula is C7H11FO2. The first-order valence-electron chi connectivity index (χ1n) is 3.08. The summed E-state index contributed by atoms with van der Waals surface area (Å²) in [4.78, 5) is 10.7. The molecule has 0 aliphatic carbocycles. The van der Waals surface area contributed by atoms with Crippen LogP contribution in [0.1, 0.15) is 13.8 Å². The Kier molecular flexibility index (Phi) is 3.88. The second-order valence-corrected chi connectivity index (χ2v) is 2.29. The van der Waals surface area contributed by atoms with Crippen molar-refractivity contribution < 1.29 is 14.3 Å². The maximum Gasteiger partial charge on any atom is 0.216 e. The number of hydrogen-bond donors (Lipinski definition) is 1. The van der Waals surface area contributed by atoms with E-state index in [1.807, 2.05) is 0 Å². The van der Waals surface area contributed by atoms with Crippen molar-refractivity contribution in [2.24, 2.45) is 5.92 Å². The second kappa shape index (κ2) is 4.17. The molecule has 10 heavy (non-hydrogen) atoms. The number of allylic oxidation sites excluding steroid dienone is 1. The van der Waals surface area contributed by atoms with Gasteiger partial charge in [0.25, 0.3) is 0 Å². The van der Waals surface area contributed by atoms with E-state index in [-0.39, 0.29) is 11.7 Å². The van der Waals surface area contributed by atoms with Gasteiger partial charge in [0, 0.05) is 5.92 Å². The van der Waals surface area contributed by atoms with Crippen LogP contribution in [0.4, 0.5) is 4.39 Å². The van der Waals surface area contributed by atoms with Gasteiger partial charge in [-0.15, -0.1) is 0 Å². The van der Waals surface area contributed by atoms with E-state index in [4.69, 9.17) is 5.11 Å². The van der Waals surface area contributed by atoms with Gasteiger partial charge in [0.2, 0.25) is 6.36 Å². The van der Waals surface area contributed by atoms with E-state index in [0.717, 1.165) is 12.2 Å². The third-order valence-electron chi connectivity index (χ3n) is 0.988. The van der Waals surface area contributed by atoms with Crippen molar-refractivity contribution >= 4 is 5.78 Å². The van der Waals surface area contributed by atoms with Crippen molar-refractivity contribution in [1.82, 2.24) is 0 Å². The summed E-state index contributed by atoms with van der Waals surface area (Å²) in [6.07, 6.45) is -0.153.